The molecule has 2 aromatic heterocycles. The molecule has 0 aliphatic rings. The van der Waals surface area contributed by atoms with E-state index in [1.165, 1.54) is 9.95 Å². The number of fused-ring (bicyclic) bond motifs is 1. The van der Waals surface area contributed by atoms with Gasteiger partial charge in [-0.15, -0.1) is 11.3 Å². The van der Waals surface area contributed by atoms with E-state index in [4.69, 9.17) is 0 Å². The Morgan fingerprint density at radius 3 is 2.58 bits per heavy atom. The van der Waals surface area contributed by atoms with E-state index >= 15 is 0 Å². The zero-order valence-corrected chi connectivity index (χ0v) is 14.9. The summed E-state index contributed by atoms with van der Waals surface area (Å²) in [6.45, 7) is 7.42. The van der Waals surface area contributed by atoms with Gasteiger partial charge in [0.25, 0.3) is 5.56 Å². The third kappa shape index (κ3) is 3.48. The number of hydrogen-bond donors (Lipinski definition) is 2. The van der Waals surface area contributed by atoms with Gasteiger partial charge in [-0.1, -0.05) is 20.8 Å². The van der Waals surface area contributed by atoms with Gasteiger partial charge in [-0.05, 0) is 13.3 Å². The number of rotatable bonds is 6. The molecular weight excluding hydrogens is 330 g/mol. The molecule has 0 aliphatic carbocycles. The van der Waals surface area contributed by atoms with Gasteiger partial charge in [0.1, 0.15) is 17.2 Å². The van der Waals surface area contributed by atoms with Crippen molar-refractivity contribution in [3.05, 3.63) is 27.1 Å². The molecule has 7 nitrogen and oxygen atoms in total. The van der Waals surface area contributed by atoms with E-state index in [1.54, 1.807) is 0 Å². The second-order valence-corrected chi connectivity index (χ2v) is 6.89. The molecular formula is C16H21N3O4S. The van der Waals surface area contributed by atoms with Crippen molar-refractivity contribution in [1.82, 2.24) is 14.9 Å². The summed E-state index contributed by atoms with van der Waals surface area (Å²) in [5, 5.41) is 13.5. The van der Waals surface area contributed by atoms with Crippen LogP contribution in [0.25, 0.3) is 10.2 Å². The van der Waals surface area contributed by atoms with Gasteiger partial charge in [-0.3, -0.25) is 14.2 Å². The quantitative estimate of drug-likeness (QED) is 0.831. The average molecular weight is 351 g/mol. The van der Waals surface area contributed by atoms with Crippen LogP contribution >= 0.6 is 11.3 Å². The number of thiophene rings is 1. The molecule has 0 saturated heterocycles. The van der Waals surface area contributed by atoms with Gasteiger partial charge in [0.15, 0.2) is 0 Å². The fraction of sp³-hybridized carbons (Fsp3) is 0.500. The van der Waals surface area contributed by atoms with Gasteiger partial charge in [0.05, 0.1) is 10.9 Å². The lowest BCUT2D eigenvalue weighted by Crippen LogP contribution is -2.38. The van der Waals surface area contributed by atoms with E-state index < -0.39 is 11.5 Å². The minimum Gasteiger partial charge on any atom is -0.478 e. The SMILES string of the molecule is CCC(C)NC(=O)Cn1c(C(C)C)nc2scc(C(=O)O)c2c1=O. The topological polar surface area (TPSA) is 101 Å². The molecule has 0 fully saturated rings. The van der Waals surface area contributed by atoms with E-state index in [2.05, 4.69) is 10.3 Å². The molecule has 0 spiro atoms. The summed E-state index contributed by atoms with van der Waals surface area (Å²) in [5.74, 6) is -1.06. The fourth-order valence-corrected chi connectivity index (χ4v) is 3.27. The van der Waals surface area contributed by atoms with Gasteiger partial charge in [-0.25, -0.2) is 9.78 Å². The Balaban J connectivity index is 2.57. The van der Waals surface area contributed by atoms with E-state index in [1.807, 2.05) is 27.7 Å². The summed E-state index contributed by atoms with van der Waals surface area (Å²) < 4.78 is 1.28. The van der Waals surface area contributed by atoms with Gasteiger partial charge in [0, 0.05) is 17.3 Å². The first-order valence-corrected chi connectivity index (χ1v) is 8.68. The predicted octanol–water partition coefficient (Wildman–Crippen LogP) is 2.19. The van der Waals surface area contributed by atoms with Crippen molar-refractivity contribution in [3.63, 3.8) is 0 Å². The van der Waals surface area contributed by atoms with Crippen molar-refractivity contribution in [2.75, 3.05) is 0 Å². The summed E-state index contributed by atoms with van der Waals surface area (Å²) in [7, 11) is 0. The van der Waals surface area contributed by atoms with Gasteiger partial charge >= 0.3 is 5.97 Å². The van der Waals surface area contributed by atoms with Crippen LogP contribution in [-0.4, -0.2) is 32.6 Å². The number of carboxylic acids is 1. The fourth-order valence-electron chi connectivity index (χ4n) is 2.36. The lowest BCUT2D eigenvalue weighted by Gasteiger charge is -2.16. The molecule has 0 aliphatic heterocycles. The van der Waals surface area contributed by atoms with Gasteiger partial charge in [0.2, 0.25) is 5.91 Å². The number of carbonyl (C=O) groups is 2. The highest BCUT2D eigenvalue weighted by Gasteiger charge is 2.22. The lowest BCUT2D eigenvalue weighted by atomic mass is 10.1. The Kier molecular flexibility index (Phi) is 5.38. The highest BCUT2D eigenvalue weighted by Crippen LogP contribution is 2.23. The van der Waals surface area contributed by atoms with Crippen LogP contribution in [0.5, 0.6) is 0 Å². The van der Waals surface area contributed by atoms with Crippen molar-refractivity contribution in [1.29, 1.82) is 0 Å². The second kappa shape index (κ2) is 7.12. The molecule has 24 heavy (non-hydrogen) atoms. The standard InChI is InChI=1S/C16H21N3O4S/c1-5-9(4)17-11(20)6-19-13(8(2)3)18-14-12(15(19)21)10(7-24-14)16(22)23/h7-9H,5-6H2,1-4H3,(H,17,20)(H,22,23). The normalized spacial score (nSPS) is 12.5. The monoisotopic (exact) mass is 351 g/mol. The maximum atomic E-state index is 12.8. The molecule has 0 aromatic carbocycles. The van der Waals surface area contributed by atoms with E-state index in [9.17, 15) is 19.5 Å². The van der Waals surface area contributed by atoms with Crippen LogP contribution in [0.4, 0.5) is 0 Å². The Hall–Kier alpha value is -2.22. The summed E-state index contributed by atoms with van der Waals surface area (Å²) in [6, 6.07) is 0.00289. The molecule has 2 rings (SSSR count). The minimum atomic E-state index is -1.17. The van der Waals surface area contributed by atoms with Crippen LogP contribution in [0, 0.1) is 0 Å². The zero-order valence-electron chi connectivity index (χ0n) is 14.1. The van der Waals surface area contributed by atoms with Crippen LogP contribution < -0.4 is 10.9 Å². The minimum absolute atomic E-state index is 0.00289. The number of carbonyl (C=O) groups excluding carboxylic acids is 1. The summed E-state index contributed by atoms with van der Waals surface area (Å²) in [5.41, 5.74) is -0.555. The second-order valence-electron chi connectivity index (χ2n) is 6.03. The molecule has 0 radical (unpaired) electrons. The number of nitrogens with one attached hydrogen (secondary N) is 1. The molecule has 0 bridgehead atoms. The molecule has 2 heterocycles. The van der Waals surface area contributed by atoms with Crippen molar-refractivity contribution in [3.8, 4) is 0 Å². The Morgan fingerprint density at radius 2 is 2.04 bits per heavy atom. The molecule has 0 saturated carbocycles. The molecule has 130 valence electrons. The van der Waals surface area contributed by atoms with E-state index in [0.29, 0.717) is 10.7 Å². The molecule has 1 amide bonds. The van der Waals surface area contributed by atoms with E-state index in [-0.39, 0.29) is 35.4 Å². The molecule has 2 N–H and O–H groups in total. The number of hydrogen-bond acceptors (Lipinski definition) is 5. The Bertz CT molecular complexity index is 838. The van der Waals surface area contributed by atoms with Crippen molar-refractivity contribution >= 4 is 33.4 Å². The molecule has 2 aromatic rings. The van der Waals surface area contributed by atoms with Crippen molar-refractivity contribution in [2.24, 2.45) is 0 Å². The van der Waals surface area contributed by atoms with Crippen LogP contribution in [0.2, 0.25) is 0 Å². The first-order chi connectivity index (χ1) is 11.3. The molecule has 1 atom stereocenters. The summed E-state index contributed by atoms with van der Waals surface area (Å²) in [6.07, 6.45) is 0.780. The maximum Gasteiger partial charge on any atom is 0.337 e. The first kappa shape index (κ1) is 18.1. The molecule has 1 unspecified atom stereocenters. The lowest BCUT2D eigenvalue weighted by molar-refractivity contribution is -0.122. The average Bonchev–Trinajstić information content (AvgIpc) is 2.93. The summed E-state index contributed by atoms with van der Waals surface area (Å²) in [4.78, 5) is 41.1. The summed E-state index contributed by atoms with van der Waals surface area (Å²) >= 11 is 1.12. The highest BCUT2D eigenvalue weighted by molar-refractivity contribution is 7.17. The Morgan fingerprint density at radius 1 is 1.38 bits per heavy atom. The Labute approximate surface area is 143 Å². The van der Waals surface area contributed by atoms with Gasteiger partial charge < -0.3 is 10.4 Å². The van der Waals surface area contributed by atoms with Crippen LogP contribution in [0.1, 0.15) is 56.2 Å². The van der Waals surface area contributed by atoms with E-state index in [0.717, 1.165) is 17.8 Å². The largest absolute Gasteiger partial charge is 0.478 e. The smallest absolute Gasteiger partial charge is 0.337 e. The number of carboxylic acid groups (broad SMARTS) is 1. The van der Waals surface area contributed by atoms with Crippen LogP contribution in [0.15, 0.2) is 10.2 Å². The maximum absolute atomic E-state index is 12.8. The first-order valence-electron chi connectivity index (χ1n) is 7.80. The number of aromatic nitrogens is 2. The number of amides is 1. The zero-order chi connectivity index (χ0) is 18.0. The highest BCUT2D eigenvalue weighted by atomic mass is 32.1. The van der Waals surface area contributed by atoms with Crippen molar-refractivity contribution in [2.45, 2.75) is 52.6 Å². The van der Waals surface area contributed by atoms with Crippen LogP contribution in [-0.2, 0) is 11.3 Å². The third-order valence-corrected chi connectivity index (χ3v) is 4.66. The van der Waals surface area contributed by atoms with Crippen molar-refractivity contribution < 1.29 is 14.7 Å². The van der Waals surface area contributed by atoms with Gasteiger partial charge in [-0.2, -0.15) is 0 Å². The predicted molar refractivity (Wildman–Crippen MR) is 92.8 cm³/mol. The van der Waals surface area contributed by atoms with Crippen LogP contribution in [0.3, 0.4) is 0 Å². The number of nitrogens with zero attached hydrogens (tertiary/aromatic N) is 2. The molecule has 8 heteroatoms. The number of aromatic carboxylic acids is 1. The third-order valence-electron chi connectivity index (χ3n) is 3.79.